The molecule has 0 aliphatic heterocycles. The Labute approximate surface area is 234 Å². The zero-order valence-corrected chi connectivity index (χ0v) is 24.3. The van der Waals surface area contributed by atoms with Crippen molar-refractivity contribution >= 4 is 32.9 Å². The van der Waals surface area contributed by atoms with E-state index in [1.807, 2.05) is 30.3 Å². The maximum atomic E-state index is 12.3. The number of ether oxygens (including phenoxy) is 1. The number of hydrogen-bond donors (Lipinski definition) is 1. The van der Waals surface area contributed by atoms with Crippen molar-refractivity contribution in [2.24, 2.45) is 0 Å². The highest BCUT2D eigenvalue weighted by Crippen LogP contribution is 2.24. The minimum absolute atomic E-state index is 0.0216. The maximum Gasteiger partial charge on any atom is 0.251 e. The van der Waals surface area contributed by atoms with Gasteiger partial charge in [0, 0.05) is 29.5 Å². The lowest BCUT2D eigenvalue weighted by atomic mass is 9.87. The van der Waals surface area contributed by atoms with Gasteiger partial charge in [-0.05, 0) is 78.8 Å². The van der Waals surface area contributed by atoms with Crippen LogP contribution in [-0.4, -0.2) is 28.6 Å². The summed E-state index contributed by atoms with van der Waals surface area (Å²) in [5.41, 5.74) is 4.37. The van der Waals surface area contributed by atoms with Gasteiger partial charge in [-0.25, -0.2) is 4.98 Å². The first-order chi connectivity index (χ1) is 18.3. The molecule has 3 aromatic carbocycles. The number of benzene rings is 3. The number of para-hydroxylation sites is 2. The van der Waals surface area contributed by atoms with Gasteiger partial charge in [-0.3, -0.25) is 4.79 Å². The van der Waals surface area contributed by atoms with Gasteiger partial charge in [0.15, 0.2) is 0 Å². The fraction of sp³-hybridized carbons (Fsp3) is 0.375. The highest BCUT2D eigenvalue weighted by molar-refractivity contribution is 9.10. The van der Waals surface area contributed by atoms with E-state index in [0.717, 1.165) is 60.2 Å². The van der Waals surface area contributed by atoms with Gasteiger partial charge >= 0.3 is 0 Å². The van der Waals surface area contributed by atoms with Crippen molar-refractivity contribution in [1.82, 2.24) is 14.9 Å². The van der Waals surface area contributed by atoms with E-state index in [0.29, 0.717) is 18.7 Å². The normalized spacial score (nSPS) is 11.6. The number of nitrogens with one attached hydrogen (secondary N) is 1. The summed E-state index contributed by atoms with van der Waals surface area (Å²) in [6.07, 6.45) is 4.86. The Bertz CT molecular complexity index is 1320. The van der Waals surface area contributed by atoms with E-state index >= 15 is 0 Å². The molecule has 5 nitrogen and oxygen atoms in total. The van der Waals surface area contributed by atoms with Crippen LogP contribution >= 0.6 is 15.9 Å². The second-order valence-electron chi connectivity index (χ2n) is 10.7. The van der Waals surface area contributed by atoms with E-state index in [1.54, 1.807) is 0 Å². The van der Waals surface area contributed by atoms with Crippen LogP contribution in [0.1, 0.15) is 68.2 Å². The van der Waals surface area contributed by atoms with Gasteiger partial charge < -0.3 is 14.6 Å². The van der Waals surface area contributed by atoms with Crippen molar-refractivity contribution in [3.63, 3.8) is 0 Å². The largest absolute Gasteiger partial charge is 0.494 e. The molecular formula is C32H38BrN3O2. The minimum Gasteiger partial charge on any atom is -0.494 e. The number of carbonyl (C=O) groups is 1. The molecule has 1 N–H and O–H groups in total. The highest BCUT2D eigenvalue weighted by atomic mass is 79.9. The molecule has 6 heteroatoms. The summed E-state index contributed by atoms with van der Waals surface area (Å²) in [7, 11) is 0. The number of amides is 1. The molecule has 0 aliphatic carbocycles. The molecule has 0 saturated heterocycles. The molecular weight excluding hydrogens is 538 g/mol. The third-order valence-electron chi connectivity index (χ3n) is 6.72. The SMILES string of the molecule is CC(C)(C)c1ccc(OCCCn2c(CCCCCNC(=O)c3ccc(Br)cc3)nc3ccccc32)cc1. The van der Waals surface area contributed by atoms with Gasteiger partial charge in [0.2, 0.25) is 0 Å². The smallest absolute Gasteiger partial charge is 0.251 e. The van der Waals surface area contributed by atoms with Gasteiger partial charge in [-0.2, -0.15) is 0 Å². The molecule has 4 aromatic rings. The van der Waals surface area contributed by atoms with Crippen LogP contribution in [0.4, 0.5) is 0 Å². The molecule has 0 bridgehead atoms. The van der Waals surface area contributed by atoms with Gasteiger partial charge in [0.1, 0.15) is 11.6 Å². The molecule has 38 heavy (non-hydrogen) atoms. The number of rotatable bonds is 12. The number of halogens is 1. The second-order valence-corrected chi connectivity index (χ2v) is 11.6. The van der Waals surface area contributed by atoms with E-state index in [4.69, 9.17) is 9.72 Å². The van der Waals surface area contributed by atoms with E-state index in [2.05, 4.69) is 89.0 Å². The van der Waals surface area contributed by atoms with E-state index in [-0.39, 0.29) is 11.3 Å². The number of carbonyl (C=O) groups excluding carboxylic acids is 1. The summed E-state index contributed by atoms with van der Waals surface area (Å²) in [5, 5.41) is 3.02. The number of unbranched alkanes of at least 4 members (excludes halogenated alkanes) is 2. The van der Waals surface area contributed by atoms with Crippen LogP contribution in [0, 0.1) is 0 Å². The zero-order chi connectivity index (χ0) is 27.0. The van der Waals surface area contributed by atoms with Crippen molar-refractivity contribution in [3.05, 3.63) is 94.2 Å². The second kappa shape index (κ2) is 13.1. The minimum atomic E-state index is -0.0216. The first-order valence-corrected chi connectivity index (χ1v) is 14.3. The van der Waals surface area contributed by atoms with Crippen LogP contribution in [0.3, 0.4) is 0 Å². The van der Waals surface area contributed by atoms with Crippen LogP contribution in [-0.2, 0) is 18.4 Å². The molecule has 1 heterocycles. The molecule has 0 saturated carbocycles. The number of fused-ring (bicyclic) bond motifs is 1. The molecule has 0 spiro atoms. The van der Waals surface area contributed by atoms with Crippen molar-refractivity contribution in [2.75, 3.05) is 13.2 Å². The van der Waals surface area contributed by atoms with Crippen molar-refractivity contribution in [1.29, 1.82) is 0 Å². The van der Waals surface area contributed by atoms with Crippen molar-refractivity contribution in [2.45, 2.75) is 64.8 Å². The average Bonchev–Trinajstić information content (AvgIpc) is 3.26. The predicted molar refractivity (Wildman–Crippen MR) is 159 cm³/mol. The number of hydrogen-bond acceptors (Lipinski definition) is 3. The first kappa shape index (κ1) is 27.9. The maximum absolute atomic E-state index is 12.3. The zero-order valence-electron chi connectivity index (χ0n) is 22.7. The molecule has 1 aromatic heterocycles. The average molecular weight is 577 g/mol. The Morgan fingerprint density at radius 1 is 0.921 bits per heavy atom. The summed E-state index contributed by atoms with van der Waals surface area (Å²) in [6.45, 7) is 8.88. The van der Waals surface area contributed by atoms with Crippen molar-refractivity contribution in [3.8, 4) is 5.75 Å². The van der Waals surface area contributed by atoms with Crippen LogP contribution in [0.5, 0.6) is 5.75 Å². The number of aromatic nitrogens is 2. The summed E-state index contributed by atoms with van der Waals surface area (Å²) in [6, 6.07) is 24.2. The van der Waals surface area contributed by atoms with Crippen LogP contribution in [0.25, 0.3) is 11.0 Å². The summed E-state index contributed by atoms with van der Waals surface area (Å²) in [4.78, 5) is 17.2. The van der Waals surface area contributed by atoms with Crippen molar-refractivity contribution < 1.29 is 9.53 Å². The number of aryl methyl sites for hydroxylation is 2. The lowest BCUT2D eigenvalue weighted by molar-refractivity contribution is 0.0953. The lowest BCUT2D eigenvalue weighted by Gasteiger charge is -2.19. The first-order valence-electron chi connectivity index (χ1n) is 13.5. The summed E-state index contributed by atoms with van der Waals surface area (Å²) < 4.78 is 9.35. The molecule has 0 atom stereocenters. The highest BCUT2D eigenvalue weighted by Gasteiger charge is 2.13. The topological polar surface area (TPSA) is 56.1 Å². The van der Waals surface area contributed by atoms with E-state index < -0.39 is 0 Å². The van der Waals surface area contributed by atoms with Crippen LogP contribution in [0.15, 0.2) is 77.3 Å². The monoisotopic (exact) mass is 575 g/mol. The quantitative estimate of drug-likeness (QED) is 0.176. The summed E-state index contributed by atoms with van der Waals surface area (Å²) >= 11 is 3.40. The van der Waals surface area contributed by atoms with Gasteiger partial charge in [-0.1, -0.05) is 67.4 Å². The summed E-state index contributed by atoms with van der Waals surface area (Å²) in [5.74, 6) is 2.02. The van der Waals surface area contributed by atoms with Gasteiger partial charge in [-0.15, -0.1) is 0 Å². The number of imidazole rings is 1. The van der Waals surface area contributed by atoms with Gasteiger partial charge in [0.25, 0.3) is 5.91 Å². The molecule has 0 fully saturated rings. The Hall–Kier alpha value is -3.12. The number of nitrogens with zero attached hydrogens (tertiary/aromatic N) is 2. The van der Waals surface area contributed by atoms with Gasteiger partial charge in [0.05, 0.1) is 17.6 Å². The standard InChI is InChI=1S/C32H38BrN3O2/c1-32(2,3)25-15-19-27(20-16-25)38-23-9-22-36-29-11-7-6-10-28(29)35-30(36)12-5-4-8-21-34-31(37)24-13-17-26(33)18-14-24/h6-7,10-11,13-20H,4-5,8-9,12,21-23H2,1-3H3,(H,34,37). The molecule has 1 amide bonds. The Balaban J connectivity index is 1.24. The lowest BCUT2D eigenvalue weighted by Crippen LogP contribution is -2.24. The van der Waals surface area contributed by atoms with E-state index in [1.165, 1.54) is 11.1 Å². The molecule has 0 unspecified atom stereocenters. The fourth-order valence-corrected chi connectivity index (χ4v) is 4.78. The van der Waals surface area contributed by atoms with Crippen LogP contribution < -0.4 is 10.1 Å². The Kier molecular flexibility index (Phi) is 9.62. The predicted octanol–water partition coefficient (Wildman–Crippen LogP) is 7.71. The molecule has 0 radical (unpaired) electrons. The third-order valence-corrected chi connectivity index (χ3v) is 7.25. The molecule has 200 valence electrons. The Morgan fingerprint density at radius 2 is 1.66 bits per heavy atom. The molecule has 4 rings (SSSR count). The van der Waals surface area contributed by atoms with E-state index in [9.17, 15) is 4.79 Å². The third kappa shape index (κ3) is 7.70. The molecule has 0 aliphatic rings. The fourth-order valence-electron chi connectivity index (χ4n) is 4.52. The van der Waals surface area contributed by atoms with Crippen LogP contribution in [0.2, 0.25) is 0 Å². The Morgan fingerprint density at radius 3 is 2.39 bits per heavy atom.